The van der Waals surface area contributed by atoms with Gasteiger partial charge in [0.1, 0.15) is 0 Å². The summed E-state index contributed by atoms with van der Waals surface area (Å²) in [5.41, 5.74) is 0. The van der Waals surface area contributed by atoms with Crippen molar-refractivity contribution in [2.24, 2.45) is 0 Å². The Hall–Kier alpha value is -4.36. The van der Waals surface area contributed by atoms with Crippen molar-refractivity contribution in [1.29, 1.82) is 0 Å². The number of hydrogen-bond donors (Lipinski definition) is 2. The molecule has 228 valence electrons. The van der Waals surface area contributed by atoms with Crippen LogP contribution in [0.25, 0.3) is 20.2 Å². The highest BCUT2D eigenvalue weighted by Crippen LogP contribution is 2.38. The van der Waals surface area contributed by atoms with E-state index >= 15 is 0 Å². The number of carbonyl (C=O) groups is 4. The number of nitrogens with zero attached hydrogens (tertiary/aromatic N) is 1. The topological polar surface area (TPSA) is 149 Å². The monoisotopic (exact) mass is 629 g/mol. The number of carboxylic acids is 2. The molecule has 0 bridgehead atoms. The molecule has 0 spiro atoms. The summed E-state index contributed by atoms with van der Waals surface area (Å²) in [5, 5.41) is 19.4. The number of Topliss-reactive ketones (excluding diaryl/α,β-unsaturated/α-hetero) is 1. The molecule has 0 saturated heterocycles. The molecule has 0 aliphatic heterocycles. The molecular weight excluding hydrogens is 598 g/mol. The molecule has 2 aromatic carbocycles. The third-order valence-electron chi connectivity index (χ3n) is 6.47. The molecule has 0 fully saturated rings. The van der Waals surface area contributed by atoms with E-state index < -0.39 is 11.9 Å². The molecule has 2 N–H and O–H groups in total. The summed E-state index contributed by atoms with van der Waals surface area (Å²) in [6.07, 6.45) is 0.136. The van der Waals surface area contributed by atoms with E-state index in [1.165, 1.54) is 41.8 Å². The van der Waals surface area contributed by atoms with Crippen LogP contribution >= 0.6 is 22.7 Å². The molecule has 0 saturated carbocycles. The summed E-state index contributed by atoms with van der Waals surface area (Å²) < 4.78 is 24.6. The largest absolute Gasteiger partial charge is 0.493 e. The molecule has 0 atom stereocenters. The normalized spacial score (nSPS) is 11.0. The Labute approximate surface area is 255 Å². The van der Waals surface area contributed by atoms with Gasteiger partial charge in [0.05, 0.1) is 50.0 Å². The van der Waals surface area contributed by atoms with Gasteiger partial charge in [-0.05, 0) is 35.0 Å². The first kappa shape index (κ1) is 31.6. The van der Waals surface area contributed by atoms with E-state index in [-0.39, 0.29) is 37.5 Å². The van der Waals surface area contributed by atoms with Gasteiger partial charge in [-0.25, -0.2) is 0 Å². The number of ether oxygens (including phenoxy) is 4. The molecular formula is C30H31NO10S2. The van der Waals surface area contributed by atoms with Crippen LogP contribution in [0.3, 0.4) is 0 Å². The lowest BCUT2D eigenvalue weighted by atomic mass is 10.1. The van der Waals surface area contributed by atoms with Crippen molar-refractivity contribution in [3.05, 3.63) is 46.2 Å². The molecule has 4 rings (SSSR count). The fourth-order valence-electron chi connectivity index (χ4n) is 4.20. The van der Waals surface area contributed by atoms with Crippen molar-refractivity contribution < 1.29 is 48.3 Å². The summed E-state index contributed by atoms with van der Waals surface area (Å²) in [6, 6.07) is 10.7. The minimum Gasteiger partial charge on any atom is -0.493 e. The quantitative estimate of drug-likeness (QED) is 0.119. The van der Waals surface area contributed by atoms with Crippen molar-refractivity contribution in [3.63, 3.8) is 0 Å². The summed E-state index contributed by atoms with van der Waals surface area (Å²) in [4.78, 5) is 49.1. The molecule has 0 aliphatic rings. The third-order valence-corrected chi connectivity index (χ3v) is 8.69. The van der Waals surface area contributed by atoms with Crippen LogP contribution in [-0.4, -0.2) is 79.8 Å². The Morgan fingerprint density at radius 1 is 0.698 bits per heavy atom. The zero-order chi connectivity index (χ0) is 31.1. The van der Waals surface area contributed by atoms with E-state index in [9.17, 15) is 19.2 Å². The number of carbonyl (C=O) groups excluding carboxylic acids is 2. The molecule has 0 unspecified atom stereocenters. The van der Waals surface area contributed by atoms with E-state index in [1.54, 1.807) is 37.4 Å². The first-order chi connectivity index (χ1) is 20.6. The summed E-state index contributed by atoms with van der Waals surface area (Å²) in [5.74, 6) is -0.377. The van der Waals surface area contributed by atoms with Crippen LogP contribution in [0.1, 0.15) is 45.0 Å². The fraction of sp³-hybridized carbons (Fsp3) is 0.333. The zero-order valence-corrected chi connectivity index (χ0v) is 25.5. The molecule has 2 heterocycles. The molecule has 11 nitrogen and oxygen atoms in total. The van der Waals surface area contributed by atoms with Crippen molar-refractivity contribution in [3.8, 4) is 23.0 Å². The van der Waals surface area contributed by atoms with E-state index in [0.717, 1.165) is 20.2 Å². The van der Waals surface area contributed by atoms with Crippen LogP contribution < -0.4 is 18.9 Å². The first-order valence-corrected chi connectivity index (χ1v) is 14.9. The number of hydrogen-bond acceptors (Lipinski definition) is 10. The fourth-order valence-corrected chi connectivity index (χ4v) is 6.31. The standard InChI is InChI=1S/C30H31NO10S2/c1-31(8-7-29(35)36)30(37)27-14-18-12-21(39-3)23(16-25(18)43-27)41-10-4-9-40-22-15-24-17(11-20(22)38-2)13-26(42-24)19(32)5-6-28(33)34/h11-16H,4-10H2,1-3H3,(H,33,34)(H,35,36). The molecule has 0 radical (unpaired) electrons. The Balaban J connectivity index is 1.37. The smallest absolute Gasteiger partial charge is 0.305 e. The highest BCUT2D eigenvalue weighted by atomic mass is 32.1. The number of aliphatic carboxylic acids is 2. The number of amides is 1. The SMILES string of the molecule is COc1cc2cc(C(=O)CCC(=O)O)sc2cc1OCCCOc1cc2sc(C(=O)N(C)CCC(=O)O)cc2cc1OC. The van der Waals surface area contributed by atoms with E-state index in [2.05, 4.69) is 0 Å². The average Bonchev–Trinajstić information content (AvgIpc) is 3.60. The molecule has 4 aromatic rings. The lowest BCUT2D eigenvalue weighted by Gasteiger charge is -2.14. The maximum absolute atomic E-state index is 12.7. The van der Waals surface area contributed by atoms with Gasteiger partial charge < -0.3 is 34.1 Å². The maximum Gasteiger partial charge on any atom is 0.305 e. The van der Waals surface area contributed by atoms with Crippen LogP contribution in [-0.2, 0) is 9.59 Å². The summed E-state index contributed by atoms with van der Waals surface area (Å²) in [6.45, 7) is 0.760. The Kier molecular flexibility index (Phi) is 10.4. The van der Waals surface area contributed by atoms with E-state index in [1.807, 2.05) is 6.07 Å². The van der Waals surface area contributed by atoms with Gasteiger partial charge in [-0.1, -0.05) is 0 Å². The summed E-state index contributed by atoms with van der Waals surface area (Å²) >= 11 is 2.58. The summed E-state index contributed by atoms with van der Waals surface area (Å²) in [7, 11) is 4.64. The van der Waals surface area contributed by atoms with Crippen LogP contribution in [0.5, 0.6) is 23.0 Å². The highest BCUT2D eigenvalue weighted by molar-refractivity contribution is 7.21. The van der Waals surface area contributed by atoms with Gasteiger partial charge in [0, 0.05) is 48.0 Å². The van der Waals surface area contributed by atoms with Crippen molar-refractivity contribution in [2.45, 2.75) is 25.7 Å². The predicted octanol–water partition coefficient (Wildman–Crippen LogP) is 5.58. The average molecular weight is 630 g/mol. The number of carboxylic acid groups (broad SMARTS) is 2. The Bertz CT molecular complexity index is 1660. The van der Waals surface area contributed by atoms with Gasteiger partial charge >= 0.3 is 11.9 Å². The minimum absolute atomic E-state index is 0.0575. The number of benzene rings is 2. The predicted molar refractivity (Wildman–Crippen MR) is 163 cm³/mol. The number of ketones is 1. The van der Waals surface area contributed by atoms with Gasteiger partial charge in [0.2, 0.25) is 0 Å². The first-order valence-electron chi connectivity index (χ1n) is 13.3. The lowest BCUT2D eigenvalue weighted by molar-refractivity contribution is -0.138. The Morgan fingerprint density at radius 2 is 1.21 bits per heavy atom. The second-order valence-corrected chi connectivity index (χ2v) is 11.7. The molecule has 0 aliphatic carbocycles. The number of thiophene rings is 2. The van der Waals surface area contributed by atoms with Crippen LogP contribution in [0.4, 0.5) is 0 Å². The molecule has 13 heteroatoms. The zero-order valence-electron chi connectivity index (χ0n) is 23.8. The van der Waals surface area contributed by atoms with Gasteiger partial charge in [-0.15, -0.1) is 22.7 Å². The van der Waals surface area contributed by atoms with Crippen molar-refractivity contribution >= 4 is 66.5 Å². The van der Waals surface area contributed by atoms with Gasteiger partial charge in [-0.2, -0.15) is 0 Å². The maximum atomic E-state index is 12.7. The van der Waals surface area contributed by atoms with Crippen LogP contribution in [0.2, 0.25) is 0 Å². The lowest BCUT2D eigenvalue weighted by Crippen LogP contribution is -2.28. The minimum atomic E-state index is -1.01. The van der Waals surface area contributed by atoms with Crippen LogP contribution in [0, 0.1) is 0 Å². The molecule has 1 amide bonds. The molecule has 2 aromatic heterocycles. The highest BCUT2D eigenvalue weighted by Gasteiger charge is 2.18. The number of fused-ring (bicyclic) bond motifs is 2. The van der Waals surface area contributed by atoms with Crippen molar-refractivity contribution in [2.75, 3.05) is 41.0 Å². The second-order valence-electron chi connectivity index (χ2n) is 9.54. The van der Waals surface area contributed by atoms with Crippen LogP contribution in [0.15, 0.2) is 36.4 Å². The number of rotatable bonds is 16. The van der Waals surface area contributed by atoms with E-state index in [0.29, 0.717) is 52.4 Å². The second kappa shape index (κ2) is 14.2. The van der Waals surface area contributed by atoms with Gasteiger partial charge in [0.25, 0.3) is 5.91 Å². The van der Waals surface area contributed by atoms with E-state index in [4.69, 9.17) is 29.2 Å². The number of methoxy groups -OCH3 is 2. The van der Waals surface area contributed by atoms with Crippen molar-refractivity contribution in [1.82, 2.24) is 4.90 Å². The van der Waals surface area contributed by atoms with Gasteiger partial charge in [0.15, 0.2) is 28.8 Å². The third kappa shape index (κ3) is 7.93. The van der Waals surface area contributed by atoms with Gasteiger partial charge in [-0.3, -0.25) is 19.2 Å². The Morgan fingerprint density at radius 3 is 1.72 bits per heavy atom. The molecule has 43 heavy (non-hydrogen) atoms.